The van der Waals surface area contributed by atoms with Crippen LogP contribution in [-0.2, 0) is 4.74 Å². The second-order valence-electron chi connectivity index (χ2n) is 4.30. The molecular weight excluding hydrogens is 206 g/mol. The first-order valence-corrected chi connectivity index (χ1v) is 5.92. The molecule has 0 atom stereocenters. The van der Waals surface area contributed by atoms with Crippen LogP contribution in [0.1, 0.15) is 13.8 Å². The van der Waals surface area contributed by atoms with Crippen molar-refractivity contribution < 1.29 is 9.53 Å². The molecule has 0 aromatic rings. The lowest BCUT2D eigenvalue weighted by Crippen LogP contribution is -2.71. The van der Waals surface area contributed by atoms with Crippen molar-refractivity contribution in [1.29, 1.82) is 0 Å². The van der Waals surface area contributed by atoms with Crippen molar-refractivity contribution in [2.75, 3.05) is 46.9 Å². The van der Waals surface area contributed by atoms with Crippen molar-refractivity contribution in [2.45, 2.75) is 19.4 Å². The predicted molar refractivity (Wildman–Crippen MR) is 63.6 cm³/mol. The summed E-state index contributed by atoms with van der Waals surface area (Å²) in [5.41, 5.74) is 0.0456. The topological polar surface area (TPSA) is 44.8 Å². The Kier molecular flexibility index (Phi) is 4.56. The zero-order valence-electron chi connectivity index (χ0n) is 10.7. The minimum absolute atomic E-state index is 0.0456. The zero-order valence-corrected chi connectivity index (χ0v) is 10.7. The summed E-state index contributed by atoms with van der Waals surface area (Å²) < 4.78 is 5.19. The standard InChI is InChI=1S/C9H17N3O2.C2H6/c1-11(2)8(13)12-4-3-10-9(5-12)6-14-7-9;1-2/h10H,3-7H2,1-2H3;1-2H3. The Morgan fingerprint density at radius 1 is 1.38 bits per heavy atom. The van der Waals surface area contributed by atoms with Crippen LogP contribution in [0.5, 0.6) is 0 Å². The first-order chi connectivity index (χ1) is 7.63. The highest BCUT2D eigenvalue weighted by molar-refractivity contribution is 5.74. The van der Waals surface area contributed by atoms with E-state index in [0.717, 1.165) is 32.8 Å². The van der Waals surface area contributed by atoms with Gasteiger partial charge in [0.05, 0.1) is 18.8 Å². The Bertz CT molecular complexity index is 239. The number of hydrogen-bond donors (Lipinski definition) is 1. The quantitative estimate of drug-likeness (QED) is 0.652. The van der Waals surface area contributed by atoms with Gasteiger partial charge in [0.25, 0.3) is 0 Å². The lowest BCUT2D eigenvalue weighted by Gasteiger charge is -2.49. The molecule has 2 rings (SSSR count). The average Bonchev–Trinajstić information content (AvgIpc) is 2.29. The maximum Gasteiger partial charge on any atom is 0.319 e. The fraction of sp³-hybridized carbons (Fsp3) is 0.909. The summed E-state index contributed by atoms with van der Waals surface area (Å²) in [5, 5.41) is 3.42. The van der Waals surface area contributed by atoms with E-state index in [0.29, 0.717) is 0 Å². The van der Waals surface area contributed by atoms with Gasteiger partial charge in [0.15, 0.2) is 0 Å². The van der Waals surface area contributed by atoms with E-state index in [4.69, 9.17) is 4.74 Å². The summed E-state index contributed by atoms with van der Waals surface area (Å²) in [4.78, 5) is 15.2. The van der Waals surface area contributed by atoms with Crippen LogP contribution in [0.25, 0.3) is 0 Å². The number of rotatable bonds is 0. The number of urea groups is 1. The van der Waals surface area contributed by atoms with E-state index in [1.807, 2.05) is 18.7 Å². The number of nitrogens with one attached hydrogen (secondary N) is 1. The van der Waals surface area contributed by atoms with Crippen molar-refractivity contribution >= 4 is 6.03 Å². The Balaban J connectivity index is 0.000000606. The molecular formula is C11H23N3O2. The van der Waals surface area contributed by atoms with Gasteiger partial charge >= 0.3 is 6.03 Å². The highest BCUT2D eigenvalue weighted by atomic mass is 16.5. The summed E-state index contributed by atoms with van der Waals surface area (Å²) in [6.45, 7) is 7.88. The third kappa shape index (κ3) is 2.65. The van der Waals surface area contributed by atoms with Crippen LogP contribution < -0.4 is 5.32 Å². The molecule has 0 radical (unpaired) electrons. The largest absolute Gasteiger partial charge is 0.377 e. The number of carbonyl (C=O) groups is 1. The van der Waals surface area contributed by atoms with Gasteiger partial charge in [-0.3, -0.25) is 0 Å². The molecule has 94 valence electrons. The van der Waals surface area contributed by atoms with Gasteiger partial charge in [0.2, 0.25) is 0 Å². The highest BCUT2D eigenvalue weighted by Crippen LogP contribution is 2.21. The molecule has 2 saturated heterocycles. The Morgan fingerprint density at radius 2 is 2.00 bits per heavy atom. The third-order valence-electron chi connectivity index (χ3n) is 2.79. The molecule has 5 nitrogen and oxygen atoms in total. The van der Waals surface area contributed by atoms with Crippen molar-refractivity contribution in [3.63, 3.8) is 0 Å². The van der Waals surface area contributed by atoms with Crippen LogP contribution in [0.3, 0.4) is 0 Å². The molecule has 0 aliphatic carbocycles. The average molecular weight is 229 g/mol. The molecule has 0 bridgehead atoms. The van der Waals surface area contributed by atoms with E-state index in [1.54, 1.807) is 19.0 Å². The first kappa shape index (κ1) is 13.3. The van der Waals surface area contributed by atoms with Gasteiger partial charge in [0, 0.05) is 33.7 Å². The fourth-order valence-electron chi connectivity index (χ4n) is 1.94. The molecule has 1 spiro atoms. The molecule has 2 heterocycles. The lowest BCUT2D eigenvalue weighted by molar-refractivity contribution is -0.0948. The predicted octanol–water partition coefficient (Wildman–Crippen LogP) is 0.368. The molecule has 2 fully saturated rings. The SMILES string of the molecule is CC.CN(C)C(=O)N1CCNC2(COC2)C1. The fourth-order valence-corrected chi connectivity index (χ4v) is 1.94. The van der Waals surface area contributed by atoms with E-state index in [2.05, 4.69) is 5.32 Å². The maximum atomic E-state index is 11.7. The number of nitrogens with zero attached hydrogens (tertiary/aromatic N) is 2. The number of carbonyl (C=O) groups excluding carboxylic acids is 1. The number of hydrogen-bond acceptors (Lipinski definition) is 3. The molecule has 0 unspecified atom stereocenters. The molecule has 0 aromatic heterocycles. The lowest BCUT2D eigenvalue weighted by atomic mass is 9.94. The Hall–Kier alpha value is -0.810. The van der Waals surface area contributed by atoms with Gasteiger partial charge in [0.1, 0.15) is 0 Å². The van der Waals surface area contributed by atoms with Crippen LogP contribution in [0.2, 0.25) is 0 Å². The smallest absolute Gasteiger partial charge is 0.319 e. The van der Waals surface area contributed by atoms with E-state index < -0.39 is 0 Å². The van der Waals surface area contributed by atoms with Crippen LogP contribution >= 0.6 is 0 Å². The van der Waals surface area contributed by atoms with Crippen molar-refractivity contribution in [2.24, 2.45) is 0 Å². The summed E-state index contributed by atoms with van der Waals surface area (Å²) in [6, 6.07) is 0.0952. The van der Waals surface area contributed by atoms with Gasteiger partial charge in [-0.2, -0.15) is 0 Å². The molecule has 0 saturated carbocycles. The van der Waals surface area contributed by atoms with Crippen LogP contribution in [0, 0.1) is 0 Å². The van der Waals surface area contributed by atoms with E-state index in [1.165, 1.54) is 0 Å². The van der Waals surface area contributed by atoms with Crippen LogP contribution in [0.15, 0.2) is 0 Å². The zero-order chi connectivity index (χ0) is 12.2. The second kappa shape index (κ2) is 5.50. The molecule has 5 heteroatoms. The van der Waals surface area contributed by atoms with Gasteiger partial charge in [-0.15, -0.1) is 0 Å². The van der Waals surface area contributed by atoms with E-state index in [9.17, 15) is 4.79 Å². The Morgan fingerprint density at radius 3 is 2.44 bits per heavy atom. The molecule has 2 amide bonds. The summed E-state index contributed by atoms with van der Waals surface area (Å²) in [6.07, 6.45) is 0. The van der Waals surface area contributed by atoms with E-state index >= 15 is 0 Å². The monoisotopic (exact) mass is 229 g/mol. The summed E-state index contributed by atoms with van der Waals surface area (Å²) in [7, 11) is 3.57. The van der Waals surface area contributed by atoms with Crippen molar-refractivity contribution in [3.8, 4) is 0 Å². The first-order valence-electron chi connectivity index (χ1n) is 5.92. The number of piperazine rings is 1. The molecule has 16 heavy (non-hydrogen) atoms. The van der Waals surface area contributed by atoms with Crippen LogP contribution in [0.4, 0.5) is 4.79 Å². The second-order valence-corrected chi connectivity index (χ2v) is 4.30. The molecule has 2 aliphatic rings. The summed E-state index contributed by atoms with van der Waals surface area (Å²) in [5.74, 6) is 0. The minimum atomic E-state index is 0.0456. The highest BCUT2D eigenvalue weighted by Gasteiger charge is 2.43. The van der Waals surface area contributed by atoms with E-state index in [-0.39, 0.29) is 11.6 Å². The normalized spacial score (nSPS) is 21.9. The van der Waals surface area contributed by atoms with Gasteiger partial charge in [-0.25, -0.2) is 4.79 Å². The number of ether oxygens (including phenoxy) is 1. The van der Waals surface area contributed by atoms with Crippen molar-refractivity contribution in [3.05, 3.63) is 0 Å². The van der Waals surface area contributed by atoms with Crippen LogP contribution in [-0.4, -0.2) is 68.3 Å². The van der Waals surface area contributed by atoms with Gasteiger partial charge in [-0.05, 0) is 0 Å². The maximum absolute atomic E-state index is 11.7. The minimum Gasteiger partial charge on any atom is -0.377 e. The molecule has 1 N–H and O–H groups in total. The van der Waals surface area contributed by atoms with Crippen molar-refractivity contribution in [1.82, 2.24) is 15.1 Å². The molecule has 0 aromatic carbocycles. The Labute approximate surface area is 97.7 Å². The number of amides is 2. The molecule has 2 aliphatic heterocycles. The third-order valence-corrected chi connectivity index (χ3v) is 2.79. The van der Waals surface area contributed by atoms with Gasteiger partial charge in [-0.1, -0.05) is 13.8 Å². The summed E-state index contributed by atoms with van der Waals surface area (Å²) >= 11 is 0. The van der Waals surface area contributed by atoms with Gasteiger partial charge < -0.3 is 19.9 Å².